The van der Waals surface area contributed by atoms with Gasteiger partial charge in [-0.1, -0.05) is 35.9 Å². The summed E-state index contributed by atoms with van der Waals surface area (Å²) in [6, 6.07) is 16.9. The molecule has 0 saturated heterocycles. The molecule has 6 rings (SSSR count). The molecule has 7 nitrogen and oxygen atoms in total. The highest BCUT2D eigenvalue weighted by Crippen LogP contribution is 2.41. The van der Waals surface area contributed by atoms with E-state index < -0.39 is 0 Å². The Morgan fingerprint density at radius 1 is 0.854 bits per heavy atom. The molecule has 2 aliphatic carbocycles. The predicted molar refractivity (Wildman–Crippen MR) is 168 cm³/mol. The van der Waals surface area contributed by atoms with Crippen LogP contribution in [0.25, 0.3) is 0 Å². The number of nitrogens with two attached hydrogens (primary N) is 1. The second kappa shape index (κ2) is 13.4. The number of nitrogens with zero attached hydrogens (tertiary/aromatic N) is 1. The third-order valence-electron chi connectivity index (χ3n) is 8.07. The van der Waals surface area contributed by atoms with Crippen molar-refractivity contribution in [1.29, 1.82) is 0 Å². The van der Waals surface area contributed by atoms with Crippen molar-refractivity contribution in [3.63, 3.8) is 0 Å². The van der Waals surface area contributed by atoms with Gasteiger partial charge in [-0.25, -0.2) is 9.59 Å². The first-order valence-electron chi connectivity index (χ1n) is 13.6. The van der Waals surface area contributed by atoms with Crippen molar-refractivity contribution in [2.24, 2.45) is 5.73 Å². The number of benzene rings is 3. The van der Waals surface area contributed by atoms with Gasteiger partial charge in [0.05, 0.1) is 42.0 Å². The van der Waals surface area contributed by atoms with Gasteiger partial charge >= 0.3 is 11.9 Å². The average molecular weight is 689 g/mol. The first-order valence-corrected chi connectivity index (χ1v) is 14.0. The summed E-state index contributed by atoms with van der Waals surface area (Å²) in [6.07, 6.45) is 6.05. The van der Waals surface area contributed by atoms with E-state index in [1.807, 2.05) is 47.4 Å². The fourth-order valence-corrected chi connectivity index (χ4v) is 6.29. The minimum absolute atomic E-state index is 0. The van der Waals surface area contributed by atoms with Gasteiger partial charge in [-0.3, -0.25) is 4.79 Å². The molecule has 2 N–H and O–H groups in total. The second-order valence-corrected chi connectivity index (χ2v) is 10.8. The van der Waals surface area contributed by atoms with Crippen molar-refractivity contribution in [3.8, 4) is 0 Å². The molecule has 0 fully saturated rings. The minimum Gasteiger partial charge on any atom is -0.465 e. The fourth-order valence-electron chi connectivity index (χ4n) is 6.01. The summed E-state index contributed by atoms with van der Waals surface area (Å²) in [6.45, 7) is 0.557. The Hall–Kier alpha value is -2.95. The Bertz CT molecular complexity index is 1480. The highest BCUT2D eigenvalue weighted by Gasteiger charge is 2.37. The van der Waals surface area contributed by atoms with Gasteiger partial charge in [0.2, 0.25) is 0 Å². The normalized spacial score (nSPS) is 18.5. The average Bonchev–Trinajstić information content (AvgIpc) is 3.33. The number of amides is 1. The van der Waals surface area contributed by atoms with Crippen LogP contribution in [-0.4, -0.2) is 37.0 Å². The molecular weight excluding hydrogens is 655 g/mol. The molecule has 1 amide bonds. The molecule has 0 bridgehead atoms. The number of methoxy groups -OCH3 is 2. The molecule has 0 aromatic heterocycles. The van der Waals surface area contributed by atoms with E-state index in [0.717, 1.165) is 55.2 Å². The number of ether oxygens (including phenoxy) is 2. The van der Waals surface area contributed by atoms with E-state index in [9.17, 15) is 14.4 Å². The van der Waals surface area contributed by atoms with Crippen LogP contribution in [0.15, 0.2) is 54.6 Å². The first-order chi connectivity index (χ1) is 19.3. The summed E-state index contributed by atoms with van der Waals surface area (Å²) in [7, 11) is 2.77. The topological polar surface area (TPSA) is 98.9 Å². The van der Waals surface area contributed by atoms with Gasteiger partial charge < -0.3 is 20.1 Å². The summed E-state index contributed by atoms with van der Waals surface area (Å²) in [5, 5.41) is 0.504. The van der Waals surface area contributed by atoms with Crippen LogP contribution in [-0.2, 0) is 28.9 Å². The molecule has 41 heavy (non-hydrogen) atoms. The van der Waals surface area contributed by atoms with Gasteiger partial charge in [-0.05, 0) is 96.7 Å². The number of halogens is 2. The van der Waals surface area contributed by atoms with Gasteiger partial charge in [0.15, 0.2) is 0 Å². The lowest BCUT2D eigenvalue weighted by atomic mass is 9.85. The van der Waals surface area contributed by atoms with E-state index in [2.05, 4.69) is 4.74 Å². The van der Waals surface area contributed by atoms with Crippen molar-refractivity contribution < 1.29 is 23.9 Å². The smallest absolute Gasteiger partial charge is 0.337 e. The van der Waals surface area contributed by atoms with Crippen molar-refractivity contribution in [1.82, 2.24) is 4.90 Å². The van der Waals surface area contributed by atoms with Crippen LogP contribution in [0.5, 0.6) is 0 Å². The Kier molecular flexibility index (Phi) is 10.1. The second-order valence-electron chi connectivity index (χ2n) is 10.4. The van der Waals surface area contributed by atoms with E-state index in [1.165, 1.54) is 25.3 Å². The zero-order valence-corrected chi connectivity index (χ0v) is 26.2. The molecule has 3 aromatic carbocycles. The molecule has 216 valence electrons. The maximum atomic E-state index is 13.0. The van der Waals surface area contributed by atoms with Crippen molar-refractivity contribution in [3.05, 3.63) is 104 Å². The summed E-state index contributed by atoms with van der Waals surface area (Å²) < 4.78 is 9.52. The standard InChI is InChI=1S/C20H18ClNO3.C12H15NO2.HI/c1-25-20(24)13-9-8-12-4-3-7-17(15(12)10-13)22-11-14-5-2-6-16(21)18(14)19(22)23;1-15-12(14)9-6-5-8-3-2-4-11(13)10(8)7-9;/h2,5-6,8-10,17H,3-4,7,11H2,1H3;5-7,11H,2-4,13H2,1H3;1H/t17-;11-;/m00./s1. The molecule has 1 heterocycles. The highest BCUT2D eigenvalue weighted by molar-refractivity contribution is 14.0. The number of esters is 2. The number of hydrogen-bond acceptors (Lipinski definition) is 6. The summed E-state index contributed by atoms with van der Waals surface area (Å²) in [5.74, 6) is -0.677. The van der Waals surface area contributed by atoms with E-state index in [1.54, 1.807) is 12.1 Å². The number of fused-ring (bicyclic) bond motifs is 3. The van der Waals surface area contributed by atoms with E-state index in [4.69, 9.17) is 22.1 Å². The third-order valence-corrected chi connectivity index (χ3v) is 8.38. The third kappa shape index (κ3) is 6.29. The lowest BCUT2D eigenvalue weighted by Gasteiger charge is -2.33. The number of aryl methyl sites for hydroxylation is 2. The van der Waals surface area contributed by atoms with Crippen LogP contribution in [0, 0.1) is 0 Å². The van der Waals surface area contributed by atoms with Gasteiger partial charge in [0.1, 0.15) is 0 Å². The molecule has 3 aromatic rings. The molecule has 3 aliphatic rings. The van der Waals surface area contributed by atoms with Crippen LogP contribution in [0.2, 0.25) is 5.02 Å². The van der Waals surface area contributed by atoms with Gasteiger partial charge in [0, 0.05) is 12.6 Å². The van der Waals surface area contributed by atoms with Crippen molar-refractivity contribution >= 4 is 53.4 Å². The monoisotopic (exact) mass is 688 g/mol. The first kappa shape index (κ1) is 31.0. The lowest BCUT2D eigenvalue weighted by Crippen LogP contribution is -2.32. The van der Waals surface area contributed by atoms with E-state index in [-0.39, 0.29) is 53.9 Å². The minimum atomic E-state index is -0.355. The molecule has 9 heteroatoms. The summed E-state index contributed by atoms with van der Waals surface area (Å²) in [5.41, 5.74) is 13.3. The van der Waals surface area contributed by atoms with Crippen LogP contribution >= 0.6 is 35.6 Å². The number of carbonyl (C=O) groups is 3. The van der Waals surface area contributed by atoms with Gasteiger partial charge in [-0.2, -0.15) is 0 Å². The Balaban J connectivity index is 0.000000208. The summed E-state index contributed by atoms with van der Waals surface area (Å²) >= 11 is 6.25. The fraction of sp³-hybridized carbons (Fsp3) is 0.344. The van der Waals surface area contributed by atoms with Crippen LogP contribution in [0.1, 0.15) is 96.7 Å². The van der Waals surface area contributed by atoms with Crippen molar-refractivity contribution in [2.75, 3.05) is 14.2 Å². The maximum Gasteiger partial charge on any atom is 0.337 e. The SMILES string of the molecule is COC(=O)c1ccc2c(c1)[C@@H](N)CCC2.COC(=O)c1ccc2c(c1)[C@@H](N1Cc3cccc(Cl)c3C1=O)CCC2.I. The molecule has 0 saturated carbocycles. The Morgan fingerprint density at radius 3 is 2.05 bits per heavy atom. The molecule has 0 unspecified atom stereocenters. The Labute approximate surface area is 262 Å². The molecule has 0 spiro atoms. The lowest BCUT2D eigenvalue weighted by molar-refractivity contribution is 0.0591. The predicted octanol–water partition coefficient (Wildman–Crippen LogP) is 6.59. The van der Waals surface area contributed by atoms with E-state index >= 15 is 0 Å². The highest BCUT2D eigenvalue weighted by atomic mass is 127. The van der Waals surface area contributed by atoms with Crippen LogP contribution in [0.4, 0.5) is 0 Å². The van der Waals surface area contributed by atoms with E-state index in [0.29, 0.717) is 28.3 Å². The number of hydrogen-bond donors (Lipinski definition) is 1. The zero-order chi connectivity index (χ0) is 28.4. The molecular formula is C32H34ClIN2O5. The zero-order valence-electron chi connectivity index (χ0n) is 23.2. The summed E-state index contributed by atoms with van der Waals surface area (Å²) in [4.78, 5) is 38.1. The number of carbonyl (C=O) groups excluding carboxylic acids is 3. The van der Waals surface area contributed by atoms with Gasteiger partial charge in [0.25, 0.3) is 5.91 Å². The Morgan fingerprint density at radius 2 is 1.44 bits per heavy atom. The van der Waals surface area contributed by atoms with Crippen LogP contribution in [0.3, 0.4) is 0 Å². The largest absolute Gasteiger partial charge is 0.465 e. The number of rotatable bonds is 3. The van der Waals surface area contributed by atoms with Crippen molar-refractivity contribution in [2.45, 2.75) is 57.2 Å². The van der Waals surface area contributed by atoms with Crippen LogP contribution < -0.4 is 5.73 Å². The maximum absolute atomic E-state index is 13.0. The molecule has 0 radical (unpaired) electrons. The molecule has 1 aliphatic heterocycles. The van der Waals surface area contributed by atoms with Gasteiger partial charge in [-0.15, -0.1) is 24.0 Å². The molecule has 2 atom stereocenters. The quantitative estimate of drug-likeness (QED) is 0.247.